The van der Waals surface area contributed by atoms with Gasteiger partial charge in [0.25, 0.3) is 0 Å². The monoisotopic (exact) mass is 343 g/mol. The highest BCUT2D eigenvalue weighted by atomic mass is 16.6. The lowest BCUT2D eigenvalue weighted by Gasteiger charge is -2.39. The first-order valence-electron chi connectivity index (χ1n) is 9.03. The van der Waals surface area contributed by atoms with Crippen LogP contribution in [0.4, 0.5) is 16.2 Å². The fourth-order valence-electron chi connectivity index (χ4n) is 4.06. The van der Waals surface area contributed by atoms with Crippen LogP contribution in [0.1, 0.15) is 39.2 Å². The maximum atomic E-state index is 13.0. The van der Waals surface area contributed by atoms with Crippen LogP contribution in [-0.2, 0) is 16.1 Å². The fraction of sp³-hybridized carbons (Fsp3) is 0.579. The summed E-state index contributed by atoms with van der Waals surface area (Å²) >= 11 is 0. The van der Waals surface area contributed by atoms with Crippen LogP contribution in [0.5, 0.6) is 0 Å². The Morgan fingerprint density at radius 2 is 2.00 bits per heavy atom. The molecule has 3 aliphatic heterocycles. The van der Waals surface area contributed by atoms with E-state index >= 15 is 0 Å². The molecule has 2 amide bonds. The standard InChI is InChI=1S/C19H25N3O3/c1-19(2,3)25-18(24)20-10-11-22-16-13(12-20)6-4-7-14(16)21-9-5-8-15(21)17(22)23/h4,6-7,15H,5,8-12H2,1-3H3. The van der Waals surface area contributed by atoms with Gasteiger partial charge in [0.15, 0.2) is 0 Å². The summed E-state index contributed by atoms with van der Waals surface area (Å²) in [5.41, 5.74) is 2.60. The molecule has 25 heavy (non-hydrogen) atoms. The van der Waals surface area contributed by atoms with Gasteiger partial charge in [-0.3, -0.25) is 4.79 Å². The zero-order valence-electron chi connectivity index (χ0n) is 15.1. The molecule has 134 valence electrons. The van der Waals surface area contributed by atoms with E-state index in [4.69, 9.17) is 4.74 Å². The van der Waals surface area contributed by atoms with E-state index in [0.29, 0.717) is 19.6 Å². The zero-order valence-corrected chi connectivity index (χ0v) is 15.1. The minimum Gasteiger partial charge on any atom is -0.444 e. The second-order valence-corrected chi connectivity index (χ2v) is 8.03. The first kappa shape index (κ1) is 16.2. The average molecular weight is 343 g/mol. The molecule has 1 fully saturated rings. The Hall–Kier alpha value is -2.24. The van der Waals surface area contributed by atoms with Crippen molar-refractivity contribution in [1.82, 2.24) is 4.90 Å². The summed E-state index contributed by atoms with van der Waals surface area (Å²) in [6.45, 7) is 8.01. The van der Waals surface area contributed by atoms with E-state index in [0.717, 1.165) is 36.3 Å². The number of ether oxygens (including phenoxy) is 1. The molecule has 0 saturated carbocycles. The van der Waals surface area contributed by atoms with Gasteiger partial charge in [-0.05, 0) is 45.2 Å². The van der Waals surface area contributed by atoms with Gasteiger partial charge in [0.05, 0.1) is 17.9 Å². The van der Waals surface area contributed by atoms with Crippen molar-refractivity contribution >= 4 is 23.4 Å². The van der Waals surface area contributed by atoms with Gasteiger partial charge >= 0.3 is 6.09 Å². The summed E-state index contributed by atoms with van der Waals surface area (Å²) in [7, 11) is 0. The van der Waals surface area contributed by atoms with E-state index in [1.165, 1.54) is 0 Å². The van der Waals surface area contributed by atoms with Gasteiger partial charge in [0.2, 0.25) is 5.91 Å². The van der Waals surface area contributed by atoms with Crippen LogP contribution in [0.3, 0.4) is 0 Å². The molecule has 0 bridgehead atoms. The molecular formula is C19H25N3O3. The summed E-state index contributed by atoms with van der Waals surface area (Å²) in [4.78, 5) is 31.4. The maximum absolute atomic E-state index is 13.0. The van der Waals surface area contributed by atoms with Crippen molar-refractivity contribution in [1.29, 1.82) is 0 Å². The predicted octanol–water partition coefficient (Wildman–Crippen LogP) is 2.75. The molecule has 1 aromatic carbocycles. The smallest absolute Gasteiger partial charge is 0.410 e. The van der Waals surface area contributed by atoms with Gasteiger partial charge in [-0.15, -0.1) is 0 Å². The number of carbonyl (C=O) groups excluding carboxylic acids is 2. The summed E-state index contributed by atoms with van der Waals surface area (Å²) < 4.78 is 5.54. The third kappa shape index (κ3) is 2.73. The van der Waals surface area contributed by atoms with E-state index in [1.54, 1.807) is 4.90 Å². The molecule has 0 spiro atoms. The van der Waals surface area contributed by atoms with Crippen LogP contribution >= 0.6 is 0 Å². The molecule has 0 N–H and O–H groups in total. The molecule has 0 radical (unpaired) electrons. The van der Waals surface area contributed by atoms with Gasteiger partial charge in [0.1, 0.15) is 11.6 Å². The van der Waals surface area contributed by atoms with Crippen molar-refractivity contribution < 1.29 is 14.3 Å². The third-order valence-corrected chi connectivity index (χ3v) is 5.09. The Morgan fingerprint density at radius 1 is 1.20 bits per heavy atom. The summed E-state index contributed by atoms with van der Waals surface area (Å²) in [5.74, 6) is 0.170. The van der Waals surface area contributed by atoms with Crippen LogP contribution < -0.4 is 9.80 Å². The molecule has 6 heteroatoms. The molecule has 0 aromatic heterocycles. The first-order chi connectivity index (χ1) is 11.8. The topological polar surface area (TPSA) is 53.1 Å². The van der Waals surface area contributed by atoms with Crippen molar-refractivity contribution in [3.8, 4) is 0 Å². The number of rotatable bonds is 0. The molecule has 6 nitrogen and oxygen atoms in total. The van der Waals surface area contributed by atoms with Crippen molar-refractivity contribution in [2.45, 2.75) is 51.8 Å². The van der Waals surface area contributed by atoms with E-state index < -0.39 is 5.60 Å². The maximum Gasteiger partial charge on any atom is 0.410 e. The van der Waals surface area contributed by atoms with E-state index in [-0.39, 0.29) is 18.0 Å². The van der Waals surface area contributed by atoms with E-state index in [9.17, 15) is 9.59 Å². The second-order valence-electron chi connectivity index (χ2n) is 8.03. The summed E-state index contributed by atoms with van der Waals surface area (Å²) in [5, 5.41) is 0. The summed E-state index contributed by atoms with van der Waals surface area (Å²) in [6, 6.07) is 6.09. The molecule has 1 unspecified atom stereocenters. The molecule has 1 atom stereocenters. The Kier molecular flexibility index (Phi) is 3.67. The molecule has 3 heterocycles. The highest BCUT2D eigenvalue weighted by Gasteiger charge is 2.43. The van der Waals surface area contributed by atoms with E-state index in [1.807, 2.05) is 37.8 Å². The largest absolute Gasteiger partial charge is 0.444 e. The second kappa shape index (κ2) is 5.64. The van der Waals surface area contributed by atoms with Gasteiger partial charge in [-0.1, -0.05) is 12.1 Å². The molecule has 3 aliphatic rings. The number of benzene rings is 1. The van der Waals surface area contributed by atoms with Crippen molar-refractivity contribution in [3.63, 3.8) is 0 Å². The highest BCUT2D eigenvalue weighted by Crippen LogP contribution is 2.43. The summed E-state index contributed by atoms with van der Waals surface area (Å²) in [6.07, 6.45) is 1.64. The number of carbonyl (C=O) groups is 2. The number of nitrogens with zero attached hydrogens (tertiary/aromatic N) is 3. The Labute approximate surface area is 148 Å². The zero-order chi connectivity index (χ0) is 17.8. The van der Waals surface area contributed by atoms with Gasteiger partial charge in [-0.25, -0.2) is 4.79 Å². The number of hydrogen-bond acceptors (Lipinski definition) is 4. The lowest BCUT2D eigenvalue weighted by molar-refractivity contribution is -0.120. The van der Waals surface area contributed by atoms with Crippen LogP contribution in [-0.4, -0.2) is 48.2 Å². The Morgan fingerprint density at radius 3 is 2.76 bits per heavy atom. The number of anilines is 2. The molecule has 1 aromatic rings. The Bertz CT molecular complexity index is 725. The minimum atomic E-state index is -0.528. The van der Waals surface area contributed by atoms with Gasteiger partial charge in [-0.2, -0.15) is 0 Å². The van der Waals surface area contributed by atoms with Crippen LogP contribution in [0.25, 0.3) is 0 Å². The van der Waals surface area contributed by atoms with Crippen molar-refractivity contribution in [2.24, 2.45) is 0 Å². The van der Waals surface area contributed by atoms with Crippen LogP contribution in [0.15, 0.2) is 18.2 Å². The molecule has 4 rings (SSSR count). The molecule has 1 saturated heterocycles. The van der Waals surface area contributed by atoms with Gasteiger partial charge < -0.3 is 19.4 Å². The van der Waals surface area contributed by atoms with Crippen LogP contribution in [0.2, 0.25) is 0 Å². The predicted molar refractivity (Wildman–Crippen MR) is 95.8 cm³/mol. The third-order valence-electron chi connectivity index (χ3n) is 5.09. The fourth-order valence-corrected chi connectivity index (χ4v) is 4.06. The van der Waals surface area contributed by atoms with Crippen molar-refractivity contribution in [2.75, 3.05) is 29.4 Å². The highest BCUT2D eigenvalue weighted by molar-refractivity contribution is 6.07. The number of hydrogen-bond donors (Lipinski definition) is 0. The van der Waals surface area contributed by atoms with Crippen molar-refractivity contribution in [3.05, 3.63) is 23.8 Å². The average Bonchev–Trinajstić information content (AvgIpc) is 2.93. The Balaban J connectivity index is 1.69. The van der Waals surface area contributed by atoms with E-state index in [2.05, 4.69) is 11.0 Å². The first-order valence-corrected chi connectivity index (χ1v) is 9.03. The SMILES string of the molecule is CC(C)(C)OC(=O)N1CCN2C(=O)C3CCCN3c3cccc(c32)C1. The van der Waals surface area contributed by atoms with Crippen LogP contribution in [0, 0.1) is 0 Å². The number of fused-ring (bicyclic) bond motifs is 2. The minimum absolute atomic E-state index is 0.0455. The quantitative estimate of drug-likeness (QED) is 0.727. The normalized spacial score (nSPS) is 22.4. The van der Waals surface area contributed by atoms with Gasteiger partial charge in [0, 0.05) is 19.6 Å². The molecular weight excluding hydrogens is 318 g/mol. The lowest BCUT2D eigenvalue weighted by Crippen LogP contribution is -2.51. The number of para-hydroxylation sites is 1. The lowest BCUT2D eigenvalue weighted by atomic mass is 10.0. The number of amides is 2. The molecule has 0 aliphatic carbocycles.